The zero-order valence-electron chi connectivity index (χ0n) is 16.1. The summed E-state index contributed by atoms with van der Waals surface area (Å²) in [6, 6.07) is 14.9. The number of rotatable bonds is 4. The van der Waals surface area contributed by atoms with E-state index in [9.17, 15) is 4.21 Å². The summed E-state index contributed by atoms with van der Waals surface area (Å²) < 4.78 is 11.9. The minimum atomic E-state index is -0.672. The zero-order valence-corrected chi connectivity index (χ0v) is 18.5. The van der Waals surface area contributed by atoms with E-state index in [1.807, 2.05) is 12.1 Å². The molecule has 1 aliphatic rings. The quantitative estimate of drug-likeness (QED) is 0.425. The maximum absolute atomic E-state index is 11.9. The van der Waals surface area contributed by atoms with Crippen LogP contribution in [0.2, 0.25) is 0 Å². The Hall–Kier alpha value is -2.09. The van der Waals surface area contributed by atoms with Crippen molar-refractivity contribution in [2.24, 2.45) is 0 Å². The first-order chi connectivity index (χ1) is 14.2. The highest BCUT2D eigenvalue weighted by atomic mass is 32.2. The van der Waals surface area contributed by atoms with Gasteiger partial charge in [-0.15, -0.1) is 22.7 Å². The third-order valence-electron chi connectivity index (χ3n) is 5.48. The van der Waals surface area contributed by atoms with E-state index < -0.39 is 10.8 Å². The number of anilines is 1. The summed E-state index contributed by atoms with van der Waals surface area (Å²) in [5.41, 5.74) is 2.37. The van der Waals surface area contributed by atoms with Gasteiger partial charge in [0.1, 0.15) is 10.6 Å². The highest BCUT2D eigenvalue weighted by Crippen LogP contribution is 2.40. The Morgan fingerprint density at radius 3 is 2.55 bits per heavy atom. The highest BCUT2D eigenvalue weighted by Gasteiger charge is 2.26. The smallest absolute Gasteiger partial charge is 0.173 e. The van der Waals surface area contributed by atoms with Gasteiger partial charge in [-0.3, -0.25) is 4.21 Å². The van der Waals surface area contributed by atoms with Crippen molar-refractivity contribution in [3.63, 3.8) is 0 Å². The molecule has 0 atom stereocenters. The summed E-state index contributed by atoms with van der Waals surface area (Å²) in [7, 11) is 1.46. The summed E-state index contributed by atoms with van der Waals surface area (Å²) in [6.07, 6.45) is 1.88. The van der Waals surface area contributed by atoms with Crippen LogP contribution in [-0.2, 0) is 10.8 Å². The molecule has 4 aromatic rings. The second-order valence-corrected chi connectivity index (χ2v) is 10.7. The van der Waals surface area contributed by atoms with Gasteiger partial charge in [0.25, 0.3) is 0 Å². The fraction of sp³-hybridized carbons (Fsp3) is 0.273. The van der Waals surface area contributed by atoms with E-state index in [0.29, 0.717) is 6.04 Å². The Balaban J connectivity index is 1.68. The van der Waals surface area contributed by atoms with Crippen LogP contribution >= 0.6 is 22.7 Å². The Morgan fingerprint density at radius 2 is 1.83 bits per heavy atom. The van der Waals surface area contributed by atoms with Crippen LogP contribution in [0.15, 0.2) is 53.2 Å². The van der Waals surface area contributed by atoms with Crippen molar-refractivity contribution < 1.29 is 4.21 Å². The lowest BCUT2D eigenvalue weighted by Crippen LogP contribution is -2.38. The van der Waals surface area contributed by atoms with Crippen LogP contribution in [0.3, 0.4) is 0 Å². The second kappa shape index (κ2) is 7.97. The molecule has 0 unspecified atom stereocenters. The van der Waals surface area contributed by atoms with E-state index in [1.54, 1.807) is 22.7 Å². The van der Waals surface area contributed by atoms with Crippen LogP contribution in [0.4, 0.5) is 5.82 Å². The molecule has 3 aromatic heterocycles. The van der Waals surface area contributed by atoms with E-state index in [4.69, 9.17) is 9.97 Å². The highest BCUT2D eigenvalue weighted by molar-refractivity contribution is 7.85. The van der Waals surface area contributed by atoms with Crippen LogP contribution in [0.1, 0.15) is 12.8 Å². The molecule has 1 fully saturated rings. The third-order valence-corrected chi connectivity index (χ3v) is 8.60. The molecular formula is C22H21N3OS3. The molecule has 1 aliphatic heterocycles. The maximum atomic E-state index is 11.9. The number of benzene rings is 1. The van der Waals surface area contributed by atoms with Crippen LogP contribution in [0, 0.1) is 0 Å². The van der Waals surface area contributed by atoms with Crippen molar-refractivity contribution in [2.75, 3.05) is 23.5 Å². The first-order valence-electron chi connectivity index (χ1n) is 9.67. The number of hydrogen-bond acceptors (Lipinski definition) is 6. The van der Waals surface area contributed by atoms with Crippen molar-refractivity contribution >= 4 is 49.5 Å². The molecule has 0 aliphatic carbocycles. The first-order valence-corrected chi connectivity index (χ1v) is 12.9. The van der Waals surface area contributed by atoms with Crippen molar-refractivity contribution in [2.45, 2.75) is 18.9 Å². The third kappa shape index (κ3) is 3.63. The average Bonchev–Trinajstić information content (AvgIpc) is 3.44. The summed E-state index contributed by atoms with van der Waals surface area (Å²) in [5.74, 6) is 3.32. The summed E-state index contributed by atoms with van der Waals surface area (Å²) in [5, 5.41) is 5.38. The van der Waals surface area contributed by atoms with Gasteiger partial charge in [0.15, 0.2) is 5.82 Å². The fourth-order valence-corrected chi connectivity index (χ4v) is 6.74. The van der Waals surface area contributed by atoms with Crippen molar-refractivity contribution in [1.82, 2.24) is 9.97 Å². The molecule has 0 bridgehead atoms. The van der Waals surface area contributed by atoms with E-state index in [0.717, 1.165) is 51.1 Å². The molecule has 1 aromatic carbocycles. The molecule has 4 nitrogen and oxygen atoms in total. The lowest BCUT2D eigenvalue weighted by atomic mass is 10.0. The molecule has 29 heavy (non-hydrogen) atoms. The monoisotopic (exact) mass is 439 g/mol. The van der Waals surface area contributed by atoms with Crippen LogP contribution < -0.4 is 4.90 Å². The molecular weight excluding hydrogens is 418 g/mol. The Morgan fingerprint density at radius 1 is 1.03 bits per heavy atom. The predicted octanol–water partition coefficient (Wildman–Crippen LogP) is 5.43. The molecule has 0 amide bonds. The van der Waals surface area contributed by atoms with Gasteiger partial charge in [-0.2, -0.15) is 0 Å². The minimum absolute atomic E-state index is 0.352. The van der Waals surface area contributed by atoms with Crippen molar-refractivity contribution in [3.05, 3.63) is 53.2 Å². The molecule has 0 N–H and O–H groups in total. The lowest BCUT2D eigenvalue weighted by molar-refractivity contribution is 0.567. The van der Waals surface area contributed by atoms with Gasteiger partial charge >= 0.3 is 0 Å². The number of nitrogens with zero attached hydrogens (tertiary/aromatic N) is 3. The fourth-order valence-electron chi connectivity index (χ4n) is 3.87. The molecule has 148 valence electrons. The Bertz CT molecular complexity index is 1140. The standard InChI is InChI=1S/C22H21N3OS3/c1-25(16-9-12-29(26)13-10-16)21-19-17(15-6-3-2-4-7-15)14-28-22(19)24-20(23-21)18-8-5-11-27-18/h2-8,11,14,16H,9-10,12-13H2,1H3. The Labute approximate surface area is 180 Å². The summed E-state index contributed by atoms with van der Waals surface area (Å²) >= 11 is 3.34. The minimum Gasteiger partial charge on any atom is -0.356 e. The summed E-state index contributed by atoms with van der Waals surface area (Å²) in [4.78, 5) is 14.4. The van der Waals surface area contributed by atoms with Gasteiger partial charge in [-0.1, -0.05) is 36.4 Å². The van der Waals surface area contributed by atoms with E-state index >= 15 is 0 Å². The number of aromatic nitrogens is 2. The second-order valence-electron chi connectivity index (χ2n) is 7.23. The summed E-state index contributed by atoms with van der Waals surface area (Å²) in [6.45, 7) is 0. The molecule has 0 radical (unpaired) electrons. The van der Waals surface area contributed by atoms with Gasteiger partial charge in [-0.05, 0) is 29.9 Å². The first kappa shape index (κ1) is 18.9. The maximum Gasteiger partial charge on any atom is 0.173 e. The lowest BCUT2D eigenvalue weighted by Gasteiger charge is -2.32. The van der Waals surface area contributed by atoms with Gasteiger partial charge in [0, 0.05) is 46.3 Å². The molecule has 5 rings (SSSR count). The van der Waals surface area contributed by atoms with E-state index in [2.05, 4.69) is 53.0 Å². The molecule has 4 heterocycles. The largest absolute Gasteiger partial charge is 0.356 e. The van der Waals surface area contributed by atoms with Crippen LogP contribution in [0.5, 0.6) is 0 Å². The molecule has 0 spiro atoms. The topological polar surface area (TPSA) is 46.1 Å². The van der Waals surface area contributed by atoms with Crippen LogP contribution in [-0.4, -0.2) is 38.8 Å². The van der Waals surface area contributed by atoms with Crippen LogP contribution in [0.25, 0.3) is 32.0 Å². The van der Waals surface area contributed by atoms with Crippen molar-refractivity contribution in [1.29, 1.82) is 0 Å². The Kier molecular flexibility index (Phi) is 5.20. The molecule has 0 saturated carbocycles. The van der Waals surface area contributed by atoms with Gasteiger partial charge in [-0.25, -0.2) is 9.97 Å². The molecule has 1 saturated heterocycles. The zero-order chi connectivity index (χ0) is 19.8. The average molecular weight is 440 g/mol. The number of thiophene rings is 2. The van der Waals surface area contributed by atoms with Gasteiger partial charge in [0.05, 0.1) is 10.3 Å². The number of fused-ring (bicyclic) bond motifs is 1. The van der Waals surface area contributed by atoms with Gasteiger partial charge in [0.2, 0.25) is 0 Å². The normalized spacial score (nSPS) is 19.5. The SMILES string of the molecule is CN(c1nc(-c2cccs2)nc2scc(-c3ccccc3)c12)C1CCS(=O)CC1. The van der Waals surface area contributed by atoms with Gasteiger partial charge < -0.3 is 4.90 Å². The predicted molar refractivity (Wildman–Crippen MR) is 125 cm³/mol. The number of hydrogen-bond donors (Lipinski definition) is 0. The molecule has 7 heteroatoms. The van der Waals surface area contributed by atoms with E-state index in [1.165, 1.54) is 11.1 Å². The van der Waals surface area contributed by atoms with E-state index in [-0.39, 0.29) is 0 Å². The van der Waals surface area contributed by atoms with Crippen molar-refractivity contribution in [3.8, 4) is 21.8 Å².